The standard InChI is InChI=1S/C32H27N3O3S/c1-32(2)27-17-22(35(20-11-7-5-8-12-20)21-13-9-6-10-14-21)15-16-24(27)25-18-23(39-28(25)32)19-26-29(36)33(3)31(38)34(4)30(26)37/h5-19H,1-4H3. The minimum atomic E-state index is -0.623. The number of barbiturate groups is 1. The van der Waals surface area contributed by atoms with Crippen LogP contribution in [0.4, 0.5) is 21.9 Å². The van der Waals surface area contributed by atoms with Crippen molar-refractivity contribution >= 4 is 52.3 Å². The summed E-state index contributed by atoms with van der Waals surface area (Å²) in [6.45, 7) is 4.42. The number of anilines is 3. The van der Waals surface area contributed by atoms with Crippen LogP contribution in [0.3, 0.4) is 0 Å². The number of urea groups is 1. The second-order valence-corrected chi connectivity index (χ2v) is 11.4. The van der Waals surface area contributed by atoms with Crippen LogP contribution in [0, 0.1) is 0 Å². The number of imide groups is 2. The topological polar surface area (TPSA) is 60.9 Å². The molecular weight excluding hydrogens is 506 g/mol. The molecule has 1 aliphatic heterocycles. The average molecular weight is 534 g/mol. The van der Waals surface area contributed by atoms with E-state index >= 15 is 0 Å². The highest BCUT2D eigenvalue weighted by molar-refractivity contribution is 7.13. The van der Waals surface area contributed by atoms with E-state index in [4.69, 9.17) is 0 Å². The second-order valence-electron chi connectivity index (χ2n) is 10.3. The fraction of sp³-hybridized carbons (Fsp3) is 0.156. The van der Waals surface area contributed by atoms with Crippen LogP contribution < -0.4 is 4.90 Å². The van der Waals surface area contributed by atoms with Crippen LogP contribution in [0.25, 0.3) is 17.2 Å². The van der Waals surface area contributed by atoms with Crippen LogP contribution in [0.1, 0.15) is 29.2 Å². The van der Waals surface area contributed by atoms with Crippen molar-refractivity contribution in [3.05, 3.63) is 106 Å². The van der Waals surface area contributed by atoms with Gasteiger partial charge in [-0.2, -0.15) is 0 Å². The largest absolute Gasteiger partial charge is 0.333 e. The lowest BCUT2D eigenvalue weighted by molar-refractivity contribution is -0.134. The third-order valence-corrected chi connectivity index (χ3v) is 8.91. The number of nitrogens with zero attached hydrogens (tertiary/aromatic N) is 3. The highest BCUT2D eigenvalue weighted by Crippen LogP contribution is 2.54. The van der Waals surface area contributed by atoms with Crippen LogP contribution >= 0.6 is 11.3 Å². The summed E-state index contributed by atoms with van der Waals surface area (Å²) in [5, 5.41) is 0. The molecule has 0 unspecified atom stereocenters. The van der Waals surface area contributed by atoms with Crippen LogP contribution in [-0.4, -0.2) is 41.7 Å². The van der Waals surface area contributed by atoms with Crippen LogP contribution in [-0.2, 0) is 15.0 Å². The zero-order valence-electron chi connectivity index (χ0n) is 22.1. The molecule has 0 radical (unpaired) electrons. The molecule has 1 aliphatic carbocycles. The molecule has 1 aromatic heterocycles. The molecule has 6 nitrogen and oxygen atoms in total. The Morgan fingerprint density at radius 2 is 1.28 bits per heavy atom. The minimum Gasteiger partial charge on any atom is -0.310 e. The summed E-state index contributed by atoms with van der Waals surface area (Å²) in [6.07, 6.45) is 1.61. The Kier molecular flexibility index (Phi) is 5.77. The molecule has 7 heteroatoms. The molecule has 3 aromatic carbocycles. The van der Waals surface area contributed by atoms with E-state index in [1.807, 2.05) is 42.5 Å². The van der Waals surface area contributed by atoms with Gasteiger partial charge in [-0.05, 0) is 65.2 Å². The van der Waals surface area contributed by atoms with Gasteiger partial charge in [0.15, 0.2) is 0 Å². The zero-order valence-corrected chi connectivity index (χ0v) is 23.0. The third kappa shape index (κ3) is 3.89. The van der Waals surface area contributed by atoms with Crippen molar-refractivity contribution in [3.8, 4) is 11.1 Å². The highest BCUT2D eigenvalue weighted by atomic mass is 32.1. The Morgan fingerprint density at radius 3 is 1.85 bits per heavy atom. The van der Waals surface area contributed by atoms with Crippen LogP contribution in [0.15, 0.2) is 90.5 Å². The van der Waals surface area contributed by atoms with Crippen molar-refractivity contribution in [2.45, 2.75) is 19.3 Å². The van der Waals surface area contributed by atoms with Gasteiger partial charge in [0.05, 0.1) is 0 Å². The van der Waals surface area contributed by atoms with Gasteiger partial charge in [0.25, 0.3) is 11.8 Å². The van der Waals surface area contributed by atoms with E-state index in [9.17, 15) is 14.4 Å². The quantitative estimate of drug-likeness (QED) is 0.210. The van der Waals surface area contributed by atoms with Crippen molar-refractivity contribution in [1.82, 2.24) is 9.80 Å². The summed E-state index contributed by atoms with van der Waals surface area (Å²) < 4.78 is 0. The molecule has 39 heavy (non-hydrogen) atoms. The number of hydrogen-bond donors (Lipinski definition) is 0. The molecule has 0 spiro atoms. The predicted molar refractivity (Wildman–Crippen MR) is 155 cm³/mol. The molecule has 1 fully saturated rings. The molecule has 4 aromatic rings. The van der Waals surface area contributed by atoms with Crippen LogP contribution in [0.5, 0.6) is 0 Å². The molecule has 0 atom stereocenters. The molecule has 194 valence electrons. The van der Waals surface area contributed by atoms with Crippen molar-refractivity contribution in [2.24, 2.45) is 0 Å². The Balaban J connectivity index is 1.42. The molecule has 0 saturated carbocycles. The predicted octanol–water partition coefficient (Wildman–Crippen LogP) is 6.96. The Morgan fingerprint density at radius 1 is 0.718 bits per heavy atom. The molecule has 2 heterocycles. The monoisotopic (exact) mass is 533 g/mol. The summed E-state index contributed by atoms with van der Waals surface area (Å²) in [7, 11) is 2.78. The second kappa shape index (κ2) is 9.06. The summed E-state index contributed by atoms with van der Waals surface area (Å²) in [5.41, 5.74) is 6.44. The van der Waals surface area contributed by atoms with Gasteiger partial charge in [-0.1, -0.05) is 56.3 Å². The first-order valence-corrected chi connectivity index (χ1v) is 13.5. The SMILES string of the molecule is CN1C(=O)C(=Cc2cc3c(s2)C(C)(C)c2cc(N(c4ccccc4)c4ccccc4)ccc2-3)C(=O)N(C)C1=O. The van der Waals surface area contributed by atoms with Gasteiger partial charge in [-0.25, -0.2) is 4.79 Å². The number of carbonyl (C=O) groups excluding carboxylic acids is 3. The van der Waals surface area contributed by atoms with Crippen molar-refractivity contribution < 1.29 is 14.4 Å². The molecule has 6 rings (SSSR count). The number of benzene rings is 3. The Hall–Kier alpha value is -4.49. The molecule has 1 saturated heterocycles. The summed E-state index contributed by atoms with van der Waals surface area (Å²) in [5.74, 6) is -1.16. The highest BCUT2D eigenvalue weighted by Gasteiger charge is 2.40. The van der Waals surface area contributed by atoms with E-state index in [1.54, 1.807) is 17.4 Å². The van der Waals surface area contributed by atoms with Crippen molar-refractivity contribution in [2.75, 3.05) is 19.0 Å². The van der Waals surface area contributed by atoms with E-state index in [0.29, 0.717) is 0 Å². The van der Waals surface area contributed by atoms with Crippen molar-refractivity contribution in [3.63, 3.8) is 0 Å². The molecule has 0 bridgehead atoms. The number of rotatable bonds is 4. The summed E-state index contributed by atoms with van der Waals surface area (Å²) in [6, 6.07) is 28.7. The van der Waals surface area contributed by atoms with Crippen LogP contribution in [0.2, 0.25) is 0 Å². The van der Waals surface area contributed by atoms with Crippen molar-refractivity contribution in [1.29, 1.82) is 0 Å². The van der Waals surface area contributed by atoms with Gasteiger partial charge in [-0.15, -0.1) is 11.3 Å². The number of amides is 4. The van der Waals surface area contributed by atoms with Gasteiger partial charge < -0.3 is 4.90 Å². The average Bonchev–Trinajstić information content (AvgIpc) is 3.47. The maximum absolute atomic E-state index is 12.7. The maximum atomic E-state index is 12.7. The van der Waals surface area contributed by atoms with E-state index in [1.165, 1.54) is 24.5 Å². The Labute approximate surface area is 231 Å². The Bertz CT molecular complexity index is 1610. The van der Waals surface area contributed by atoms with Gasteiger partial charge in [0, 0.05) is 46.3 Å². The zero-order chi connectivity index (χ0) is 27.5. The molecule has 2 aliphatic rings. The molecule has 4 amide bonds. The normalized spacial score (nSPS) is 15.9. The maximum Gasteiger partial charge on any atom is 0.333 e. The number of fused-ring (bicyclic) bond motifs is 3. The van der Waals surface area contributed by atoms with E-state index in [-0.39, 0.29) is 11.0 Å². The van der Waals surface area contributed by atoms with Gasteiger partial charge in [0.2, 0.25) is 0 Å². The first kappa shape index (κ1) is 24.8. The fourth-order valence-corrected chi connectivity index (χ4v) is 6.64. The molecule has 0 N–H and O–H groups in total. The van der Waals surface area contributed by atoms with E-state index in [2.05, 4.69) is 61.2 Å². The number of thiophene rings is 1. The lowest BCUT2D eigenvalue weighted by Gasteiger charge is -2.28. The lowest BCUT2D eigenvalue weighted by atomic mass is 9.86. The first-order chi connectivity index (χ1) is 18.7. The van der Waals surface area contributed by atoms with E-state index in [0.717, 1.165) is 42.9 Å². The lowest BCUT2D eigenvalue weighted by Crippen LogP contribution is -2.52. The first-order valence-electron chi connectivity index (χ1n) is 12.7. The van der Waals surface area contributed by atoms with Gasteiger partial charge in [0.1, 0.15) is 5.57 Å². The number of para-hydroxylation sites is 2. The third-order valence-electron chi connectivity index (χ3n) is 7.50. The molecular formula is C32H27N3O3S. The number of hydrogen-bond acceptors (Lipinski definition) is 5. The van der Waals surface area contributed by atoms with E-state index < -0.39 is 17.8 Å². The summed E-state index contributed by atoms with van der Waals surface area (Å²) >= 11 is 1.58. The smallest absolute Gasteiger partial charge is 0.310 e. The fourth-order valence-electron chi connectivity index (χ4n) is 5.41. The van der Waals surface area contributed by atoms with Gasteiger partial charge in [-0.3, -0.25) is 19.4 Å². The summed E-state index contributed by atoms with van der Waals surface area (Å²) in [4.78, 5) is 43.8. The minimum absolute atomic E-state index is 0.00531. The number of likely N-dealkylation sites (N-methyl/N-ethyl adjacent to an activating group) is 2. The van der Waals surface area contributed by atoms with Gasteiger partial charge >= 0.3 is 6.03 Å². The number of carbonyl (C=O) groups is 3.